The van der Waals surface area contributed by atoms with Gasteiger partial charge in [-0.05, 0) is 48.6 Å². The van der Waals surface area contributed by atoms with Gasteiger partial charge < -0.3 is 15.4 Å². The molecule has 30 heavy (non-hydrogen) atoms. The van der Waals surface area contributed by atoms with Crippen molar-refractivity contribution in [1.82, 2.24) is 19.9 Å². The first-order valence-corrected chi connectivity index (χ1v) is 11.8. The van der Waals surface area contributed by atoms with Crippen LogP contribution in [-0.4, -0.2) is 49.6 Å². The molecule has 1 fully saturated rings. The number of carbonyl (C=O) groups is 1. The van der Waals surface area contributed by atoms with Gasteiger partial charge in [0.15, 0.2) is 0 Å². The molecular formula is C21H28N4O4S. The summed E-state index contributed by atoms with van der Waals surface area (Å²) in [5.41, 5.74) is 1.83. The maximum Gasteiger partial charge on any atom is 0.315 e. The summed E-state index contributed by atoms with van der Waals surface area (Å²) in [5.74, 6) is 1.04. The van der Waals surface area contributed by atoms with Crippen LogP contribution in [0.4, 0.5) is 4.79 Å². The second kappa shape index (κ2) is 10.4. The first-order valence-electron chi connectivity index (χ1n) is 9.98. The Bertz CT molecular complexity index is 912. The quantitative estimate of drug-likeness (QED) is 0.666. The minimum atomic E-state index is -3.12. The van der Waals surface area contributed by atoms with Crippen molar-refractivity contribution in [2.45, 2.75) is 26.0 Å². The third-order valence-corrected chi connectivity index (χ3v) is 6.39. The van der Waals surface area contributed by atoms with E-state index in [9.17, 15) is 13.2 Å². The summed E-state index contributed by atoms with van der Waals surface area (Å²) < 4.78 is 30.3. The van der Waals surface area contributed by atoms with Crippen molar-refractivity contribution in [2.24, 2.45) is 5.92 Å². The van der Waals surface area contributed by atoms with Gasteiger partial charge in [-0.2, -0.15) is 0 Å². The number of benzene rings is 1. The minimum Gasteiger partial charge on any atom is -0.487 e. The number of nitrogens with one attached hydrogen (secondary N) is 2. The maximum atomic E-state index is 12.0. The van der Waals surface area contributed by atoms with Crippen LogP contribution in [-0.2, 0) is 23.2 Å². The molecule has 162 valence electrons. The number of pyridine rings is 1. The van der Waals surface area contributed by atoms with E-state index in [1.807, 2.05) is 42.5 Å². The van der Waals surface area contributed by atoms with E-state index < -0.39 is 10.0 Å². The molecule has 0 aliphatic carbocycles. The molecule has 0 unspecified atom stereocenters. The number of hydrogen-bond donors (Lipinski definition) is 2. The Morgan fingerprint density at radius 3 is 2.50 bits per heavy atom. The Balaban J connectivity index is 1.34. The summed E-state index contributed by atoms with van der Waals surface area (Å²) >= 11 is 0. The highest BCUT2D eigenvalue weighted by atomic mass is 32.2. The summed E-state index contributed by atoms with van der Waals surface area (Å²) in [7, 11) is -3.12. The normalized spacial score (nSPS) is 15.5. The molecule has 0 bridgehead atoms. The molecule has 1 saturated heterocycles. The lowest BCUT2D eigenvalue weighted by molar-refractivity contribution is 0.231. The van der Waals surface area contributed by atoms with Crippen LogP contribution in [0.25, 0.3) is 0 Å². The number of urea groups is 1. The predicted octanol–water partition coefficient (Wildman–Crippen LogP) is 2.13. The van der Waals surface area contributed by atoms with Crippen molar-refractivity contribution in [3.05, 3.63) is 59.9 Å². The van der Waals surface area contributed by atoms with Gasteiger partial charge >= 0.3 is 6.03 Å². The second-order valence-electron chi connectivity index (χ2n) is 7.42. The summed E-state index contributed by atoms with van der Waals surface area (Å²) in [5, 5.41) is 5.72. The number of amides is 2. The lowest BCUT2D eigenvalue weighted by Crippen LogP contribution is -2.43. The molecule has 0 saturated carbocycles. The summed E-state index contributed by atoms with van der Waals surface area (Å²) in [6.45, 7) is 2.40. The fourth-order valence-electron chi connectivity index (χ4n) is 3.27. The van der Waals surface area contributed by atoms with Gasteiger partial charge in [-0.15, -0.1) is 0 Å². The highest BCUT2D eigenvalue weighted by molar-refractivity contribution is 7.88. The minimum absolute atomic E-state index is 0.226. The van der Waals surface area contributed by atoms with Crippen LogP contribution >= 0.6 is 0 Å². The first-order chi connectivity index (χ1) is 14.4. The van der Waals surface area contributed by atoms with Gasteiger partial charge in [0.05, 0.1) is 11.9 Å². The number of rotatable bonds is 8. The molecular weight excluding hydrogens is 404 g/mol. The van der Waals surface area contributed by atoms with Crippen LogP contribution in [0.2, 0.25) is 0 Å². The topological polar surface area (TPSA) is 101 Å². The third-order valence-electron chi connectivity index (χ3n) is 5.08. The average Bonchev–Trinajstić information content (AvgIpc) is 2.76. The molecule has 9 heteroatoms. The number of nitrogens with zero attached hydrogens (tertiary/aromatic N) is 2. The molecule has 2 aromatic rings. The zero-order valence-electron chi connectivity index (χ0n) is 17.1. The van der Waals surface area contributed by atoms with Crippen LogP contribution in [0.15, 0.2) is 48.7 Å². The lowest BCUT2D eigenvalue weighted by atomic mass is 9.98. The highest BCUT2D eigenvalue weighted by Crippen LogP contribution is 2.18. The number of piperidine rings is 1. The van der Waals surface area contributed by atoms with Crippen LogP contribution in [0.3, 0.4) is 0 Å². The van der Waals surface area contributed by atoms with E-state index in [1.165, 1.54) is 10.6 Å². The average molecular weight is 433 g/mol. The standard InChI is InChI=1S/C21H28N4O4S/c1-30(27,28)25-12-9-18(10-13-25)15-24-21(26)23-14-17-5-7-20(8-6-17)29-16-19-4-2-3-11-22-19/h2-8,11,18H,9-10,12-16H2,1H3,(H2,23,24,26). The van der Waals surface area contributed by atoms with Crippen molar-refractivity contribution >= 4 is 16.1 Å². The van der Waals surface area contributed by atoms with Gasteiger partial charge in [0, 0.05) is 32.4 Å². The molecule has 8 nitrogen and oxygen atoms in total. The number of hydrogen-bond acceptors (Lipinski definition) is 5. The molecule has 1 aliphatic rings. The molecule has 1 aliphatic heterocycles. The predicted molar refractivity (Wildman–Crippen MR) is 114 cm³/mol. The summed E-state index contributed by atoms with van der Waals surface area (Å²) in [4.78, 5) is 16.3. The number of carbonyl (C=O) groups excluding carboxylic acids is 1. The molecule has 0 spiro atoms. The number of sulfonamides is 1. The van der Waals surface area contributed by atoms with Crippen LogP contribution < -0.4 is 15.4 Å². The molecule has 0 atom stereocenters. The SMILES string of the molecule is CS(=O)(=O)N1CCC(CNC(=O)NCc2ccc(OCc3ccccn3)cc2)CC1. The smallest absolute Gasteiger partial charge is 0.315 e. The molecule has 3 rings (SSSR count). The zero-order chi connectivity index (χ0) is 21.4. The second-order valence-corrected chi connectivity index (χ2v) is 9.41. The number of ether oxygens (including phenoxy) is 1. The summed E-state index contributed by atoms with van der Waals surface area (Å²) in [6.07, 6.45) is 4.48. The molecule has 1 aromatic carbocycles. The van der Waals surface area contributed by atoms with Gasteiger partial charge in [-0.3, -0.25) is 4.98 Å². The maximum absolute atomic E-state index is 12.0. The van der Waals surface area contributed by atoms with Crippen LogP contribution in [0.1, 0.15) is 24.1 Å². The highest BCUT2D eigenvalue weighted by Gasteiger charge is 2.24. The van der Waals surface area contributed by atoms with Gasteiger partial charge in [0.1, 0.15) is 12.4 Å². The van der Waals surface area contributed by atoms with Crippen molar-refractivity contribution in [1.29, 1.82) is 0 Å². The first kappa shape index (κ1) is 22.0. The van der Waals surface area contributed by atoms with Crippen molar-refractivity contribution in [3.63, 3.8) is 0 Å². The fourth-order valence-corrected chi connectivity index (χ4v) is 4.15. The molecule has 2 N–H and O–H groups in total. The van der Waals surface area contributed by atoms with Gasteiger partial charge in [0.2, 0.25) is 10.0 Å². The van der Waals surface area contributed by atoms with Gasteiger partial charge in [-0.25, -0.2) is 17.5 Å². The zero-order valence-corrected chi connectivity index (χ0v) is 17.9. The van der Waals surface area contributed by atoms with E-state index in [-0.39, 0.29) is 6.03 Å². The Morgan fingerprint density at radius 2 is 1.87 bits per heavy atom. The Morgan fingerprint density at radius 1 is 1.13 bits per heavy atom. The van der Waals surface area contributed by atoms with E-state index in [1.54, 1.807) is 6.20 Å². The summed E-state index contributed by atoms with van der Waals surface area (Å²) in [6, 6.07) is 13.0. The Hall–Kier alpha value is -2.65. The third kappa shape index (κ3) is 7.00. The molecule has 2 heterocycles. The van der Waals surface area contributed by atoms with Crippen molar-refractivity contribution in [2.75, 3.05) is 25.9 Å². The van der Waals surface area contributed by atoms with E-state index in [0.717, 1.165) is 29.8 Å². The molecule has 0 radical (unpaired) electrons. The van der Waals surface area contributed by atoms with Crippen molar-refractivity contribution < 1.29 is 17.9 Å². The Kier molecular flexibility index (Phi) is 7.64. The molecule has 1 aromatic heterocycles. The van der Waals surface area contributed by atoms with E-state index in [0.29, 0.717) is 38.7 Å². The van der Waals surface area contributed by atoms with E-state index in [2.05, 4.69) is 15.6 Å². The largest absolute Gasteiger partial charge is 0.487 e. The van der Waals surface area contributed by atoms with E-state index in [4.69, 9.17) is 4.74 Å². The fraction of sp³-hybridized carbons (Fsp3) is 0.429. The monoisotopic (exact) mass is 432 g/mol. The number of aromatic nitrogens is 1. The van der Waals surface area contributed by atoms with Crippen molar-refractivity contribution in [3.8, 4) is 5.75 Å². The Labute approximate surface area is 177 Å². The lowest BCUT2D eigenvalue weighted by Gasteiger charge is -2.30. The van der Waals surface area contributed by atoms with Gasteiger partial charge in [0.25, 0.3) is 0 Å². The van der Waals surface area contributed by atoms with Gasteiger partial charge in [-0.1, -0.05) is 18.2 Å². The van der Waals surface area contributed by atoms with E-state index >= 15 is 0 Å². The van der Waals surface area contributed by atoms with Crippen LogP contribution in [0.5, 0.6) is 5.75 Å². The molecule has 2 amide bonds. The van der Waals surface area contributed by atoms with Crippen LogP contribution in [0, 0.1) is 5.92 Å².